The number of carboxylic acid groups (broad SMARTS) is 1. The molecule has 6 heteroatoms. The number of hydrogen-bond acceptors (Lipinski definition) is 3. The Morgan fingerprint density at radius 3 is 2.86 bits per heavy atom. The lowest BCUT2D eigenvalue weighted by molar-refractivity contribution is -0.143. The molecule has 21 heavy (non-hydrogen) atoms. The van der Waals surface area contributed by atoms with E-state index in [4.69, 9.17) is 27.9 Å². The zero-order chi connectivity index (χ0) is 15.4. The molecule has 0 aromatic heterocycles. The Morgan fingerprint density at radius 2 is 2.19 bits per heavy atom. The van der Waals surface area contributed by atoms with Crippen molar-refractivity contribution in [2.75, 3.05) is 19.8 Å². The number of benzene rings is 1. The van der Waals surface area contributed by atoms with Gasteiger partial charge in [0.05, 0.1) is 29.2 Å². The van der Waals surface area contributed by atoms with Gasteiger partial charge < -0.3 is 9.84 Å². The van der Waals surface area contributed by atoms with Gasteiger partial charge in [0.2, 0.25) is 0 Å². The summed E-state index contributed by atoms with van der Waals surface area (Å²) in [5.74, 6) is -1.30. The average Bonchev–Trinajstić information content (AvgIpc) is 2.92. The predicted molar refractivity (Wildman–Crippen MR) is 82.9 cm³/mol. The minimum Gasteiger partial charge on any atom is -0.481 e. The molecule has 1 heterocycles. The summed E-state index contributed by atoms with van der Waals surface area (Å²) in [5, 5.41) is 10.4. The summed E-state index contributed by atoms with van der Waals surface area (Å²) in [6, 6.07) is 5.39. The topological polar surface area (TPSA) is 49.8 Å². The fraction of sp³-hybridized carbons (Fsp3) is 0.533. The van der Waals surface area contributed by atoms with Crippen LogP contribution in [0.1, 0.15) is 18.9 Å². The van der Waals surface area contributed by atoms with Crippen LogP contribution in [0.5, 0.6) is 0 Å². The van der Waals surface area contributed by atoms with E-state index in [9.17, 15) is 9.90 Å². The number of carbonyl (C=O) groups is 1. The first-order valence-corrected chi connectivity index (χ1v) is 7.77. The summed E-state index contributed by atoms with van der Waals surface area (Å²) in [7, 11) is 0. The van der Waals surface area contributed by atoms with E-state index in [1.54, 1.807) is 6.07 Å². The number of aliphatic carboxylic acids is 1. The molecule has 1 aromatic rings. The largest absolute Gasteiger partial charge is 0.481 e. The molecular formula is C15H19Cl2NO3. The maximum atomic E-state index is 11.3. The number of rotatable bonds is 6. The zero-order valence-corrected chi connectivity index (χ0v) is 13.4. The van der Waals surface area contributed by atoms with E-state index < -0.39 is 11.9 Å². The third-order valence-electron chi connectivity index (χ3n) is 3.75. The fourth-order valence-electron chi connectivity index (χ4n) is 2.68. The molecule has 0 spiro atoms. The third kappa shape index (κ3) is 3.89. The molecule has 2 atom stereocenters. The molecule has 0 saturated carbocycles. The van der Waals surface area contributed by atoms with E-state index >= 15 is 0 Å². The molecule has 0 bridgehead atoms. The molecule has 1 saturated heterocycles. The van der Waals surface area contributed by atoms with E-state index in [0.717, 1.165) is 18.5 Å². The highest BCUT2D eigenvalue weighted by Gasteiger charge is 2.37. The summed E-state index contributed by atoms with van der Waals surface area (Å²) < 4.78 is 5.37. The molecule has 1 fully saturated rings. The maximum Gasteiger partial charge on any atom is 0.310 e. The Kier molecular flexibility index (Phi) is 5.88. The Labute approximate surface area is 134 Å². The third-order valence-corrected chi connectivity index (χ3v) is 4.61. The first kappa shape index (κ1) is 16.6. The van der Waals surface area contributed by atoms with Crippen molar-refractivity contribution < 1.29 is 14.6 Å². The quantitative estimate of drug-likeness (QED) is 0.868. The molecule has 2 unspecified atom stereocenters. The lowest BCUT2D eigenvalue weighted by Crippen LogP contribution is -2.43. The van der Waals surface area contributed by atoms with E-state index in [2.05, 4.69) is 11.8 Å². The maximum absolute atomic E-state index is 11.3. The van der Waals surface area contributed by atoms with Crippen molar-refractivity contribution in [2.24, 2.45) is 5.92 Å². The van der Waals surface area contributed by atoms with Crippen LogP contribution in [0.15, 0.2) is 18.2 Å². The second-order valence-corrected chi connectivity index (χ2v) is 6.02. The van der Waals surface area contributed by atoms with Gasteiger partial charge in [0.1, 0.15) is 0 Å². The van der Waals surface area contributed by atoms with Crippen LogP contribution in [0, 0.1) is 5.92 Å². The average molecular weight is 332 g/mol. The highest BCUT2D eigenvalue weighted by atomic mass is 35.5. The lowest BCUT2D eigenvalue weighted by atomic mass is 10.0. The molecular weight excluding hydrogens is 313 g/mol. The van der Waals surface area contributed by atoms with Gasteiger partial charge in [0.25, 0.3) is 0 Å². The van der Waals surface area contributed by atoms with Gasteiger partial charge in [-0.3, -0.25) is 9.69 Å². The number of halogens is 2. The van der Waals surface area contributed by atoms with Crippen molar-refractivity contribution in [1.29, 1.82) is 0 Å². The monoisotopic (exact) mass is 331 g/mol. The van der Waals surface area contributed by atoms with Crippen LogP contribution in [0.2, 0.25) is 10.0 Å². The molecule has 2 rings (SSSR count). The van der Waals surface area contributed by atoms with Gasteiger partial charge in [-0.05, 0) is 24.6 Å². The molecule has 116 valence electrons. The normalized spacial score (nSPS) is 21.9. The van der Waals surface area contributed by atoms with Gasteiger partial charge in [0.15, 0.2) is 0 Å². The van der Waals surface area contributed by atoms with Crippen LogP contribution < -0.4 is 0 Å². The Morgan fingerprint density at radius 1 is 1.43 bits per heavy atom. The van der Waals surface area contributed by atoms with Crippen molar-refractivity contribution in [3.05, 3.63) is 33.8 Å². The number of ether oxygens (including phenoxy) is 1. The molecule has 1 N–H and O–H groups in total. The van der Waals surface area contributed by atoms with Crippen molar-refractivity contribution in [3.8, 4) is 0 Å². The van der Waals surface area contributed by atoms with Crippen LogP contribution in [0.4, 0.5) is 0 Å². The number of nitrogens with zero attached hydrogens (tertiary/aromatic N) is 1. The smallest absolute Gasteiger partial charge is 0.310 e. The molecule has 1 aliphatic heterocycles. The van der Waals surface area contributed by atoms with Gasteiger partial charge in [-0.15, -0.1) is 0 Å². The molecule has 1 aromatic carbocycles. The van der Waals surface area contributed by atoms with Crippen molar-refractivity contribution in [3.63, 3.8) is 0 Å². The van der Waals surface area contributed by atoms with Gasteiger partial charge in [0, 0.05) is 12.6 Å². The minimum absolute atomic E-state index is 0.127. The van der Waals surface area contributed by atoms with Crippen LogP contribution >= 0.6 is 23.2 Å². The summed E-state index contributed by atoms with van der Waals surface area (Å²) in [4.78, 5) is 13.5. The van der Waals surface area contributed by atoms with Gasteiger partial charge >= 0.3 is 5.97 Å². The van der Waals surface area contributed by atoms with E-state index in [1.807, 2.05) is 12.1 Å². The van der Waals surface area contributed by atoms with Gasteiger partial charge in [-0.2, -0.15) is 0 Å². The standard InChI is InChI=1S/C15H19Cl2NO3/c1-2-6-18(13-9-21-8-11(13)15(19)20)7-10-4-3-5-12(16)14(10)17/h3-5,11,13H,2,6-9H2,1H3,(H,19,20). The van der Waals surface area contributed by atoms with E-state index in [-0.39, 0.29) is 12.6 Å². The van der Waals surface area contributed by atoms with Crippen LogP contribution in [-0.4, -0.2) is 41.8 Å². The van der Waals surface area contributed by atoms with Crippen molar-refractivity contribution >= 4 is 29.2 Å². The second kappa shape index (κ2) is 7.45. The molecule has 0 radical (unpaired) electrons. The van der Waals surface area contributed by atoms with Crippen molar-refractivity contribution in [1.82, 2.24) is 4.90 Å². The summed E-state index contributed by atoms with van der Waals surface area (Å²) in [5.41, 5.74) is 0.911. The Balaban J connectivity index is 2.19. The van der Waals surface area contributed by atoms with Crippen molar-refractivity contribution in [2.45, 2.75) is 25.9 Å². The van der Waals surface area contributed by atoms with E-state index in [0.29, 0.717) is 23.2 Å². The first-order valence-electron chi connectivity index (χ1n) is 7.02. The molecule has 4 nitrogen and oxygen atoms in total. The second-order valence-electron chi connectivity index (χ2n) is 5.23. The molecule has 0 amide bonds. The summed E-state index contributed by atoms with van der Waals surface area (Å²) >= 11 is 12.3. The first-order chi connectivity index (χ1) is 10.0. The Bertz CT molecular complexity index is 510. The fourth-order valence-corrected chi connectivity index (χ4v) is 3.06. The van der Waals surface area contributed by atoms with Crippen LogP contribution in [-0.2, 0) is 16.1 Å². The van der Waals surface area contributed by atoms with E-state index in [1.165, 1.54) is 0 Å². The zero-order valence-electron chi connectivity index (χ0n) is 11.9. The number of hydrogen-bond donors (Lipinski definition) is 1. The molecule has 1 aliphatic rings. The highest BCUT2D eigenvalue weighted by molar-refractivity contribution is 6.42. The summed E-state index contributed by atoms with van der Waals surface area (Å²) in [6.07, 6.45) is 0.932. The minimum atomic E-state index is -0.809. The van der Waals surface area contributed by atoms with Gasteiger partial charge in [-0.25, -0.2) is 0 Å². The van der Waals surface area contributed by atoms with Crippen LogP contribution in [0.3, 0.4) is 0 Å². The molecule has 0 aliphatic carbocycles. The SMILES string of the molecule is CCCN(Cc1cccc(Cl)c1Cl)C1COCC1C(=O)O. The Hall–Kier alpha value is -0.810. The summed E-state index contributed by atoms with van der Waals surface area (Å²) in [6.45, 7) is 4.14. The van der Waals surface area contributed by atoms with Gasteiger partial charge in [-0.1, -0.05) is 42.3 Å². The van der Waals surface area contributed by atoms with Crippen LogP contribution in [0.25, 0.3) is 0 Å². The highest BCUT2D eigenvalue weighted by Crippen LogP contribution is 2.29. The lowest BCUT2D eigenvalue weighted by Gasteiger charge is -2.30. The predicted octanol–water partition coefficient (Wildman–Crippen LogP) is 3.31. The number of carboxylic acids is 1.